The van der Waals surface area contributed by atoms with Gasteiger partial charge in [-0.15, -0.1) is 0 Å². The van der Waals surface area contributed by atoms with Gasteiger partial charge >= 0.3 is 0 Å². The van der Waals surface area contributed by atoms with Gasteiger partial charge in [0.25, 0.3) is 11.6 Å². The van der Waals surface area contributed by atoms with Gasteiger partial charge in [-0.3, -0.25) is 14.9 Å². The largest absolute Gasteiger partial charge is 0.314 e. The minimum Gasteiger partial charge on any atom is -0.314 e. The Bertz CT molecular complexity index is 1100. The predicted molar refractivity (Wildman–Crippen MR) is 103 cm³/mol. The first-order valence-electron chi connectivity index (χ1n) is 8.28. The van der Waals surface area contributed by atoms with Crippen LogP contribution >= 0.6 is 11.3 Å². The van der Waals surface area contributed by atoms with E-state index in [1.54, 1.807) is 28.8 Å². The van der Waals surface area contributed by atoms with E-state index in [1.165, 1.54) is 41.7 Å². The molecular formula is C19H16FN3O3S. The lowest BCUT2D eigenvalue weighted by atomic mass is 10.2. The zero-order valence-corrected chi connectivity index (χ0v) is 15.3. The maximum absolute atomic E-state index is 14.2. The summed E-state index contributed by atoms with van der Waals surface area (Å²) in [5.74, 6) is -0.822. The lowest BCUT2D eigenvalue weighted by Gasteiger charge is -2.02. The highest BCUT2D eigenvalue weighted by Gasteiger charge is 2.10. The number of rotatable bonds is 5. The second-order valence-corrected chi connectivity index (χ2v) is 6.76. The van der Waals surface area contributed by atoms with Crippen molar-refractivity contribution in [2.24, 2.45) is 4.99 Å². The molecule has 1 heterocycles. The standard InChI is InChI=1S/C19H16FN3O3S/c1-2-12-22-18-15(20)4-3-5-16(18)27-19(22)21-17(24)11-8-13-6-9-14(10-7-13)23(25)26/h3-11H,2,12H2,1H3/b11-8+,21-19?. The fraction of sp³-hybridized carbons (Fsp3) is 0.158. The van der Waals surface area contributed by atoms with Crippen LogP contribution in [-0.4, -0.2) is 15.4 Å². The molecule has 0 bridgehead atoms. The quantitative estimate of drug-likeness (QED) is 0.373. The third-order valence-corrected chi connectivity index (χ3v) is 4.87. The van der Waals surface area contributed by atoms with Crippen LogP contribution < -0.4 is 4.80 Å². The molecule has 8 heteroatoms. The number of carbonyl (C=O) groups excluding carboxylic acids is 1. The number of amides is 1. The molecule has 0 N–H and O–H groups in total. The van der Waals surface area contributed by atoms with Crippen molar-refractivity contribution in [2.75, 3.05) is 0 Å². The zero-order chi connectivity index (χ0) is 19.4. The van der Waals surface area contributed by atoms with E-state index in [0.717, 1.165) is 11.1 Å². The molecule has 0 aliphatic carbocycles. The van der Waals surface area contributed by atoms with Crippen molar-refractivity contribution in [3.05, 3.63) is 74.8 Å². The molecule has 3 rings (SSSR count). The third kappa shape index (κ3) is 4.17. The molecule has 27 heavy (non-hydrogen) atoms. The van der Waals surface area contributed by atoms with Crippen molar-refractivity contribution < 1.29 is 14.1 Å². The van der Waals surface area contributed by atoms with Crippen LogP contribution in [0.1, 0.15) is 18.9 Å². The topological polar surface area (TPSA) is 77.5 Å². The molecule has 1 amide bonds. The van der Waals surface area contributed by atoms with Crippen molar-refractivity contribution in [1.29, 1.82) is 0 Å². The Balaban J connectivity index is 1.91. The number of hydrogen-bond acceptors (Lipinski definition) is 4. The number of para-hydroxylation sites is 1. The molecule has 0 radical (unpaired) electrons. The molecule has 138 valence electrons. The number of aryl methyl sites for hydroxylation is 1. The first kappa shape index (κ1) is 18.7. The van der Waals surface area contributed by atoms with Crippen molar-refractivity contribution in [3.8, 4) is 0 Å². The smallest absolute Gasteiger partial charge is 0.272 e. The van der Waals surface area contributed by atoms with Crippen LogP contribution in [0.3, 0.4) is 0 Å². The molecule has 2 aromatic carbocycles. The summed E-state index contributed by atoms with van der Waals surface area (Å²) in [6.07, 6.45) is 3.60. The highest BCUT2D eigenvalue weighted by atomic mass is 32.1. The Hall–Kier alpha value is -3.13. The molecule has 0 saturated carbocycles. The van der Waals surface area contributed by atoms with Crippen molar-refractivity contribution in [2.45, 2.75) is 19.9 Å². The highest BCUT2D eigenvalue weighted by molar-refractivity contribution is 7.16. The van der Waals surface area contributed by atoms with E-state index in [2.05, 4.69) is 4.99 Å². The van der Waals surface area contributed by atoms with E-state index >= 15 is 0 Å². The maximum Gasteiger partial charge on any atom is 0.272 e. The summed E-state index contributed by atoms with van der Waals surface area (Å²) < 4.78 is 16.6. The van der Waals surface area contributed by atoms with Gasteiger partial charge in [0.1, 0.15) is 5.82 Å². The van der Waals surface area contributed by atoms with E-state index in [1.807, 2.05) is 6.92 Å². The Kier molecular flexibility index (Phi) is 5.56. The molecule has 0 unspecified atom stereocenters. The molecule has 0 saturated heterocycles. The van der Waals surface area contributed by atoms with Crippen LogP contribution in [0, 0.1) is 15.9 Å². The van der Waals surface area contributed by atoms with Crippen LogP contribution in [0.15, 0.2) is 53.5 Å². The average Bonchev–Trinajstić information content (AvgIpc) is 2.99. The van der Waals surface area contributed by atoms with Crippen LogP contribution in [0.2, 0.25) is 0 Å². The number of hydrogen-bond donors (Lipinski definition) is 0. The normalized spacial score (nSPS) is 12.1. The van der Waals surface area contributed by atoms with Gasteiger partial charge in [0.15, 0.2) is 4.80 Å². The Morgan fingerprint density at radius 3 is 2.70 bits per heavy atom. The van der Waals surface area contributed by atoms with E-state index in [9.17, 15) is 19.3 Å². The van der Waals surface area contributed by atoms with E-state index in [-0.39, 0.29) is 11.5 Å². The number of non-ortho nitro benzene ring substituents is 1. The van der Waals surface area contributed by atoms with Gasteiger partial charge in [-0.1, -0.05) is 24.3 Å². The summed E-state index contributed by atoms with van der Waals surface area (Å²) >= 11 is 1.26. The Morgan fingerprint density at radius 2 is 2.04 bits per heavy atom. The van der Waals surface area contributed by atoms with Gasteiger partial charge in [-0.2, -0.15) is 4.99 Å². The fourth-order valence-corrected chi connectivity index (χ4v) is 3.69. The number of carbonyl (C=O) groups is 1. The molecule has 0 fully saturated rings. The van der Waals surface area contributed by atoms with Gasteiger partial charge < -0.3 is 4.57 Å². The molecule has 0 atom stereocenters. The molecule has 0 aliphatic rings. The lowest BCUT2D eigenvalue weighted by molar-refractivity contribution is -0.384. The maximum atomic E-state index is 14.2. The number of nitro benzene ring substituents is 1. The van der Waals surface area contributed by atoms with Gasteiger partial charge in [-0.25, -0.2) is 4.39 Å². The summed E-state index contributed by atoms with van der Waals surface area (Å²) in [6.45, 7) is 2.52. The van der Waals surface area contributed by atoms with Gasteiger partial charge in [-0.05, 0) is 42.3 Å². The number of halogens is 1. The van der Waals surface area contributed by atoms with Gasteiger partial charge in [0.2, 0.25) is 0 Å². The van der Waals surface area contributed by atoms with E-state index in [0.29, 0.717) is 22.4 Å². The number of nitrogens with zero attached hydrogens (tertiary/aromatic N) is 3. The summed E-state index contributed by atoms with van der Waals surface area (Å²) in [5, 5.41) is 10.7. The monoisotopic (exact) mass is 385 g/mol. The molecule has 1 aromatic heterocycles. The number of aromatic nitrogens is 1. The number of benzene rings is 2. The molecule has 0 aliphatic heterocycles. The molecule has 0 spiro atoms. The lowest BCUT2D eigenvalue weighted by Crippen LogP contribution is -2.16. The third-order valence-electron chi connectivity index (χ3n) is 3.83. The summed E-state index contributed by atoms with van der Waals surface area (Å²) in [7, 11) is 0. The molecule has 3 aromatic rings. The average molecular weight is 385 g/mol. The predicted octanol–water partition coefficient (Wildman–Crippen LogP) is 4.30. The van der Waals surface area contributed by atoms with Crippen LogP contribution in [-0.2, 0) is 11.3 Å². The second kappa shape index (κ2) is 8.05. The molecular weight excluding hydrogens is 369 g/mol. The first-order chi connectivity index (χ1) is 13.0. The number of fused-ring (bicyclic) bond motifs is 1. The number of thiazole rings is 1. The van der Waals surface area contributed by atoms with E-state index < -0.39 is 10.8 Å². The SMILES string of the molecule is CCCn1c(=NC(=O)/C=C/c2ccc([N+](=O)[O-])cc2)sc2cccc(F)c21. The minimum absolute atomic E-state index is 0.0175. The first-order valence-corrected chi connectivity index (χ1v) is 9.10. The van der Waals surface area contributed by atoms with Crippen molar-refractivity contribution in [3.63, 3.8) is 0 Å². The fourth-order valence-electron chi connectivity index (χ4n) is 2.61. The summed E-state index contributed by atoms with van der Waals surface area (Å²) in [6, 6.07) is 10.6. The van der Waals surface area contributed by atoms with Crippen molar-refractivity contribution >= 4 is 39.2 Å². The minimum atomic E-state index is -0.485. The van der Waals surface area contributed by atoms with Gasteiger partial charge in [0, 0.05) is 24.8 Å². The van der Waals surface area contributed by atoms with Crippen molar-refractivity contribution in [1.82, 2.24) is 4.57 Å². The molecule has 6 nitrogen and oxygen atoms in total. The van der Waals surface area contributed by atoms with Crippen LogP contribution in [0.5, 0.6) is 0 Å². The second-order valence-electron chi connectivity index (χ2n) is 5.75. The van der Waals surface area contributed by atoms with Gasteiger partial charge in [0.05, 0.1) is 15.1 Å². The summed E-state index contributed by atoms with van der Waals surface area (Å²) in [4.78, 5) is 26.9. The zero-order valence-electron chi connectivity index (χ0n) is 14.5. The highest BCUT2D eigenvalue weighted by Crippen LogP contribution is 2.20. The number of nitro groups is 1. The Labute approximate surface area is 158 Å². The Morgan fingerprint density at radius 1 is 1.30 bits per heavy atom. The van der Waals surface area contributed by atoms with Crippen LogP contribution in [0.25, 0.3) is 16.3 Å². The van der Waals surface area contributed by atoms with Crippen LogP contribution in [0.4, 0.5) is 10.1 Å². The summed E-state index contributed by atoms with van der Waals surface area (Å²) in [5.41, 5.74) is 1.08. The van der Waals surface area contributed by atoms with E-state index in [4.69, 9.17) is 0 Å².